The molecule has 0 unspecified atom stereocenters. The number of halogens is 1. The van der Waals surface area contributed by atoms with Crippen molar-refractivity contribution < 1.29 is 14.3 Å². The highest BCUT2D eigenvalue weighted by Crippen LogP contribution is 2.29. The van der Waals surface area contributed by atoms with Gasteiger partial charge >= 0.3 is 0 Å². The zero-order valence-electron chi connectivity index (χ0n) is 17.3. The number of carbonyl (C=O) groups is 1. The predicted molar refractivity (Wildman–Crippen MR) is 125 cm³/mol. The van der Waals surface area contributed by atoms with Crippen LogP contribution in [0.5, 0.6) is 11.5 Å². The molecule has 0 fully saturated rings. The number of methoxy groups -OCH3 is 2. The third-order valence-corrected chi connectivity index (χ3v) is 5.72. The smallest absolute Gasteiger partial charge is 0.271 e. The first kappa shape index (κ1) is 20.9. The van der Waals surface area contributed by atoms with Crippen molar-refractivity contribution in [2.45, 2.75) is 13.1 Å². The number of carbonyl (C=O) groups excluding carboxylic acids is 1. The van der Waals surface area contributed by atoms with Gasteiger partial charge in [-0.3, -0.25) is 4.79 Å². The van der Waals surface area contributed by atoms with E-state index in [1.54, 1.807) is 26.5 Å². The van der Waals surface area contributed by atoms with Gasteiger partial charge in [0.1, 0.15) is 11.5 Å². The van der Waals surface area contributed by atoms with Crippen LogP contribution >= 0.6 is 15.9 Å². The number of hydrogen-bond donors (Lipinski definition) is 1. The first-order valence-corrected chi connectivity index (χ1v) is 10.5. The summed E-state index contributed by atoms with van der Waals surface area (Å²) in [6.07, 6.45) is 1.55. The van der Waals surface area contributed by atoms with Gasteiger partial charge in [-0.25, -0.2) is 5.43 Å². The second kappa shape index (κ2) is 9.22. The molecule has 1 amide bonds. The van der Waals surface area contributed by atoms with Crippen molar-refractivity contribution in [2.75, 3.05) is 19.1 Å². The maximum atomic E-state index is 12.6. The van der Waals surface area contributed by atoms with Crippen LogP contribution in [0, 0.1) is 0 Å². The SMILES string of the molecule is COc1ccc(/C=N\NC(=O)c2ccc3c(c2)CN(c2ccc(Br)cc2)C3)c(OC)c1. The largest absolute Gasteiger partial charge is 0.497 e. The van der Waals surface area contributed by atoms with Crippen LogP contribution in [-0.2, 0) is 13.1 Å². The Kier molecular flexibility index (Phi) is 6.23. The summed E-state index contributed by atoms with van der Waals surface area (Å²) in [5, 5.41) is 4.09. The van der Waals surface area contributed by atoms with E-state index in [9.17, 15) is 4.79 Å². The van der Waals surface area contributed by atoms with Crippen LogP contribution in [0.1, 0.15) is 27.0 Å². The Morgan fingerprint density at radius 1 is 1.00 bits per heavy atom. The van der Waals surface area contributed by atoms with E-state index in [2.05, 4.69) is 43.5 Å². The summed E-state index contributed by atoms with van der Waals surface area (Å²) >= 11 is 3.47. The predicted octanol–water partition coefficient (Wildman–Crippen LogP) is 4.75. The topological polar surface area (TPSA) is 63.2 Å². The summed E-state index contributed by atoms with van der Waals surface area (Å²) in [5.74, 6) is 1.05. The molecule has 3 aromatic rings. The van der Waals surface area contributed by atoms with Gasteiger partial charge in [0, 0.05) is 40.4 Å². The molecule has 1 aliphatic heterocycles. The van der Waals surface area contributed by atoms with Gasteiger partial charge in [0.2, 0.25) is 0 Å². The normalized spacial score (nSPS) is 12.7. The third-order valence-electron chi connectivity index (χ3n) is 5.19. The molecular weight excluding hydrogens is 458 g/mol. The van der Waals surface area contributed by atoms with Crippen molar-refractivity contribution in [3.8, 4) is 11.5 Å². The molecule has 3 aromatic carbocycles. The van der Waals surface area contributed by atoms with Gasteiger partial charge < -0.3 is 14.4 Å². The monoisotopic (exact) mass is 479 g/mol. The number of fused-ring (bicyclic) bond motifs is 1. The van der Waals surface area contributed by atoms with E-state index < -0.39 is 0 Å². The van der Waals surface area contributed by atoms with E-state index in [0.717, 1.165) is 34.4 Å². The Bertz CT molecular complexity index is 1130. The summed E-state index contributed by atoms with van der Waals surface area (Å²) in [5.41, 5.74) is 7.44. The number of hydrazone groups is 1. The third kappa shape index (κ3) is 4.72. The highest BCUT2D eigenvalue weighted by molar-refractivity contribution is 9.10. The molecule has 1 aliphatic rings. The van der Waals surface area contributed by atoms with Crippen molar-refractivity contribution >= 4 is 33.7 Å². The number of rotatable bonds is 6. The fourth-order valence-corrected chi connectivity index (χ4v) is 3.78. The zero-order chi connectivity index (χ0) is 21.8. The van der Waals surface area contributed by atoms with Crippen molar-refractivity contribution in [1.29, 1.82) is 0 Å². The highest BCUT2D eigenvalue weighted by atomic mass is 79.9. The van der Waals surface area contributed by atoms with Crippen LogP contribution in [-0.4, -0.2) is 26.3 Å². The minimum Gasteiger partial charge on any atom is -0.497 e. The average Bonchev–Trinajstić information content (AvgIpc) is 3.23. The molecule has 158 valence electrons. The molecule has 4 rings (SSSR count). The molecule has 0 aromatic heterocycles. The number of amides is 1. The molecule has 1 N–H and O–H groups in total. The standard InChI is InChI=1S/C24H22BrN3O3/c1-30-22-10-5-17(23(12-22)31-2)13-26-27-24(29)16-3-4-18-14-28(15-19(18)11-16)21-8-6-20(25)7-9-21/h3-13H,14-15H2,1-2H3,(H,27,29)/b26-13-. The van der Waals surface area contributed by atoms with Crippen LogP contribution in [0.15, 0.2) is 70.2 Å². The van der Waals surface area contributed by atoms with Crippen molar-refractivity contribution in [3.63, 3.8) is 0 Å². The van der Waals surface area contributed by atoms with Crippen molar-refractivity contribution in [2.24, 2.45) is 5.10 Å². The Hall–Kier alpha value is -3.32. The quantitative estimate of drug-likeness (QED) is 0.409. The van der Waals surface area contributed by atoms with Gasteiger partial charge in [0.15, 0.2) is 0 Å². The minimum atomic E-state index is -0.256. The Balaban J connectivity index is 1.42. The first-order valence-electron chi connectivity index (χ1n) is 9.75. The maximum Gasteiger partial charge on any atom is 0.271 e. The van der Waals surface area contributed by atoms with Gasteiger partial charge in [-0.15, -0.1) is 0 Å². The molecule has 0 bridgehead atoms. The van der Waals surface area contributed by atoms with Gasteiger partial charge in [-0.2, -0.15) is 5.10 Å². The number of nitrogens with one attached hydrogen (secondary N) is 1. The maximum absolute atomic E-state index is 12.6. The van der Waals surface area contributed by atoms with Crippen LogP contribution in [0.4, 0.5) is 5.69 Å². The lowest BCUT2D eigenvalue weighted by Gasteiger charge is -2.17. The first-order chi connectivity index (χ1) is 15.1. The number of benzene rings is 3. The summed E-state index contributed by atoms with van der Waals surface area (Å²) < 4.78 is 11.6. The summed E-state index contributed by atoms with van der Waals surface area (Å²) in [6.45, 7) is 1.60. The van der Waals surface area contributed by atoms with E-state index >= 15 is 0 Å². The molecule has 0 radical (unpaired) electrons. The van der Waals surface area contributed by atoms with E-state index in [4.69, 9.17) is 9.47 Å². The second-order valence-electron chi connectivity index (χ2n) is 7.12. The Morgan fingerprint density at radius 3 is 2.52 bits per heavy atom. The number of nitrogens with zero attached hydrogens (tertiary/aromatic N) is 2. The molecule has 31 heavy (non-hydrogen) atoms. The lowest BCUT2D eigenvalue weighted by atomic mass is 10.1. The number of anilines is 1. The van der Waals surface area contributed by atoms with Crippen molar-refractivity contribution in [3.05, 3.63) is 87.4 Å². The Morgan fingerprint density at radius 2 is 1.77 bits per heavy atom. The molecule has 7 heteroatoms. The van der Waals surface area contributed by atoms with Gasteiger partial charge in [0.25, 0.3) is 5.91 Å². The lowest BCUT2D eigenvalue weighted by molar-refractivity contribution is 0.0955. The lowest BCUT2D eigenvalue weighted by Crippen LogP contribution is -2.18. The van der Waals surface area contributed by atoms with E-state index in [1.807, 2.05) is 42.5 Å². The van der Waals surface area contributed by atoms with E-state index in [1.165, 1.54) is 5.56 Å². The molecule has 1 heterocycles. The summed E-state index contributed by atoms with van der Waals surface area (Å²) in [4.78, 5) is 14.9. The molecule has 0 atom stereocenters. The van der Waals surface area contributed by atoms with Crippen LogP contribution < -0.4 is 19.8 Å². The fourth-order valence-electron chi connectivity index (χ4n) is 3.52. The molecular formula is C24H22BrN3O3. The molecule has 0 saturated heterocycles. The van der Waals surface area contributed by atoms with Gasteiger partial charge in [0.05, 0.1) is 20.4 Å². The number of ether oxygens (including phenoxy) is 2. The minimum absolute atomic E-state index is 0.256. The van der Waals surface area contributed by atoms with Gasteiger partial charge in [-0.1, -0.05) is 22.0 Å². The molecule has 0 aliphatic carbocycles. The zero-order valence-corrected chi connectivity index (χ0v) is 18.8. The highest BCUT2D eigenvalue weighted by Gasteiger charge is 2.20. The molecule has 0 spiro atoms. The summed E-state index contributed by atoms with van der Waals surface area (Å²) in [6, 6.07) is 19.4. The van der Waals surface area contributed by atoms with Crippen LogP contribution in [0.3, 0.4) is 0 Å². The second-order valence-corrected chi connectivity index (χ2v) is 8.04. The van der Waals surface area contributed by atoms with E-state index in [0.29, 0.717) is 17.1 Å². The molecule has 6 nitrogen and oxygen atoms in total. The Labute approximate surface area is 189 Å². The van der Waals surface area contributed by atoms with Gasteiger partial charge in [-0.05, 0) is 59.7 Å². The fraction of sp³-hybridized carbons (Fsp3) is 0.167. The van der Waals surface area contributed by atoms with Crippen LogP contribution in [0.2, 0.25) is 0 Å². The number of hydrogen-bond acceptors (Lipinski definition) is 5. The average molecular weight is 480 g/mol. The van der Waals surface area contributed by atoms with Crippen LogP contribution in [0.25, 0.3) is 0 Å². The van der Waals surface area contributed by atoms with E-state index in [-0.39, 0.29) is 5.91 Å². The molecule has 0 saturated carbocycles. The summed E-state index contributed by atoms with van der Waals surface area (Å²) in [7, 11) is 3.17. The van der Waals surface area contributed by atoms with Crippen molar-refractivity contribution in [1.82, 2.24) is 5.43 Å².